The topological polar surface area (TPSA) is 105 Å². The molecule has 0 radical (unpaired) electrons. The second-order valence-electron chi connectivity index (χ2n) is 8.48. The Morgan fingerprint density at radius 1 is 0.971 bits per heavy atom. The van der Waals surface area contributed by atoms with Crippen molar-refractivity contribution in [2.75, 3.05) is 44.1 Å². The van der Waals surface area contributed by atoms with Gasteiger partial charge in [0.05, 0.1) is 25.8 Å². The lowest BCUT2D eigenvalue weighted by molar-refractivity contribution is -0.118. The first-order valence-corrected chi connectivity index (χ1v) is 15.1. The fraction of sp³-hybridized carbons (Fsp3) is 0.391. The number of sulfone groups is 2. The second-order valence-corrected chi connectivity index (χ2v) is 13.6. The number of fused-ring (bicyclic) bond motifs is 1. The van der Waals surface area contributed by atoms with Crippen molar-refractivity contribution in [3.63, 3.8) is 0 Å². The minimum absolute atomic E-state index is 0. The molecule has 1 amide bonds. The van der Waals surface area contributed by atoms with Gasteiger partial charge in [-0.05, 0) is 57.8 Å². The van der Waals surface area contributed by atoms with Crippen LogP contribution in [0.3, 0.4) is 0 Å². The number of hydrogen-bond acceptors (Lipinski definition) is 8. The van der Waals surface area contributed by atoms with Crippen molar-refractivity contribution in [2.24, 2.45) is 0 Å². The van der Waals surface area contributed by atoms with Crippen LogP contribution >= 0.6 is 23.7 Å². The quantitative estimate of drug-likeness (QED) is 0.374. The summed E-state index contributed by atoms with van der Waals surface area (Å²) in [4.78, 5) is 21.6. The molecular formula is C23H30ClN3O5S3. The zero-order valence-corrected chi connectivity index (χ0v) is 23.4. The molecule has 3 rings (SSSR count). The molecule has 2 aromatic carbocycles. The summed E-state index contributed by atoms with van der Waals surface area (Å²) < 4.78 is 49.7. The number of nitrogens with zero attached hydrogens (tertiary/aromatic N) is 3. The number of halogens is 1. The zero-order chi connectivity index (χ0) is 25.1. The van der Waals surface area contributed by atoms with Gasteiger partial charge >= 0.3 is 0 Å². The average molecular weight is 560 g/mol. The molecule has 1 heterocycles. The van der Waals surface area contributed by atoms with E-state index in [0.717, 1.165) is 11.8 Å². The number of amides is 1. The first kappa shape index (κ1) is 29.2. The van der Waals surface area contributed by atoms with E-state index in [4.69, 9.17) is 0 Å². The number of aryl methyl sites for hydroxylation is 1. The van der Waals surface area contributed by atoms with E-state index in [-0.39, 0.29) is 46.7 Å². The second kappa shape index (κ2) is 11.8. The summed E-state index contributed by atoms with van der Waals surface area (Å²) in [7, 11) is -3.04. The first-order chi connectivity index (χ1) is 15.9. The van der Waals surface area contributed by atoms with Crippen LogP contribution in [0, 0.1) is 6.92 Å². The van der Waals surface area contributed by atoms with E-state index < -0.39 is 19.7 Å². The van der Waals surface area contributed by atoms with Crippen LogP contribution in [0.15, 0.2) is 52.3 Å². The van der Waals surface area contributed by atoms with Crippen molar-refractivity contribution in [1.82, 2.24) is 9.88 Å². The van der Waals surface area contributed by atoms with E-state index >= 15 is 0 Å². The van der Waals surface area contributed by atoms with Gasteiger partial charge < -0.3 is 4.90 Å². The van der Waals surface area contributed by atoms with Gasteiger partial charge in [0.1, 0.15) is 0 Å². The van der Waals surface area contributed by atoms with E-state index in [1.807, 2.05) is 25.9 Å². The van der Waals surface area contributed by atoms with Gasteiger partial charge in [-0.25, -0.2) is 21.8 Å². The summed E-state index contributed by atoms with van der Waals surface area (Å²) in [5, 5.41) is 0.467. The molecule has 0 aliphatic carbocycles. The third kappa shape index (κ3) is 7.71. The Balaban J connectivity index is 0.00000432. The zero-order valence-electron chi connectivity index (χ0n) is 20.1. The maximum atomic E-state index is 13.1. The monoisotopic (exact) mass is 559 g/mol. The number of carbonyl (C=O) groups excluding carboxylic acids is 1. The summed E-state index contributed by atoms with van der Waals surface area (Å²) in [5.74, 6) is -0.343. The lowest BCUT2D eigenvalue weighted by atomic mass is 10.2. The summed E-state index contributed by atoms with van der Waals surface area (Å²) in [6.45, 7) is 2.87. The molecule has 0 spiro atoms. The molecule has 3 aromatic rings. The molecule has 0 aliphatic heterocycles. The molecule has 0 unspecified atom stereocenters. The van der Waals surface area contributed by atoms with Crippen LogP contribution in [0.25, 0.3) is 10.2 Å². The van der Waals surface area contributed by atoms with Crippen molar-refractivity contribution in [1.29, 1.82) is 0 Å². The Labute approximate surface area is 217 Å². The smallest absolute Gasteiger partial charge is 0.228 e. The van der Waals surface area contributed by atoms with Gasteiger partial charge in [-0.2, -0.15) is 0 Å². The van der Waals surface area contributed by atoms with Crippen molar-refractivity contribution in [3.8, 4) is 0 Å². The minimum Gasteiger partial charge on any atom is -0.308 e. The molecule has 35 heavy (non-hydrogen) atoms. The normalized spacial score (nSPS) is 12.0. The Bertz CT molecular complexity index is 1390. The van der Waals surface area contributed by atoms with E-state index in [1.54, 1.807) is 41.3 Å². The summed E-state index contributed by atoms with van der Waals surface area (Å²) in [5.41, 5.74) is 1.59. The first-order valence-electron chi connectivity index (χ1n) is 10.7. The highest BCUT2D eigenvalue weighted by Gasteiger charge is 2.22. The van der Waals surface area contributed by atoms with Gasteiger partial charge in [0.2, 0.25) is 5.91 Å². The standard InChI is InChI=1S/C23H29N3O5S3.ClH/c1-17-7-9-18(10-8-17)34(30,31)15-5-6-22(27)26(14-13-25(2)3)23-24-20-12-11-19(33(4,28)29)16-21(20)32-23;/h7-12,16H,5-6,13-15H2,1-4H3;1H. The molecule has 0 bridgehead atoms. The Kier molecular flexibility index (Phi) is 9.83. The molecule has 0 atom stereocenters. The van der Waals surface area contributed by atoms with E-state index in [9.17, 15) is 21.6 Å². The van der Waals surface area contributed by atoms with Gasteiger partial charge in [-0.3, -0.25) is 9.69 Å². The average Bonchev–Trinajstić information content (AvgIpc) is 3.16. The molecular weight excluding hydrogens is 530 g/mol. The summed E-state index contributed by atoms with van der Waals surface area (Å²) >= 11 is 1.25. The Morgan fingerprint density at radius 2 is 1.60 bits per heavy atom. The number of anilines is 1. The maximum absolute atomic E-state index is 13.1. The third-order valence-electron chi connectivity index (χ3n) is 5.26. The molecule has 192 valence electrons. The molecule has 0 N–H and O–H groups in total. The minimum atomic E-state index is -3.48. The van der Waals surface area contributed by atoms with Crippen LogP contribution in [0.1, 0.15) is 18.4 Å². The Hall–Kier alpha value is -2.05. The van der Waals surface area contributed by atoms with Crippen LogP contribution in [0.4, 0.5) is 5.13 Å². The highest BCUT2D eigenvalue weighted by molar-refractivity contribution is 7.91. The SMILES string of the molecule is Cc1ccc(S(=O)(=O)CCCC(=O)N(CCN(C)C)c2nc3ccc(S(C)(=O)=O)cc3s2)cc1.Cl. The summed E-state index contributed by atoms with van der Waals surface area (Å²) in [6, 6.07) is 11.4. The van der Waals surface area contributed by atoms with Crippen molar-refractivity contribution in [3.05, 3.63) is 48.0 Å². The third-order valence-corrected chi connectivity index (χ3v) is 9.23. The number of hydrogen-bond donors (Lipinski definition) is 0. The fourth-order valence-electron chi connectivity index (χ4n) is 3.28. The largest absolute Gasteiger partial charge is 0.308 e. The maximum Gasteiger partial charge on any atom is 0.228 e. The van der Waals surface area contributed by atoms with Gasteiger partial charge in [0, 0.05) is 25.8 Å². The van der Waals surface area contributed by atoms with Crippen molar-refractivity contribution >= 4 is 64.7 Å². The molecule has 0 aliphatic rings. The van der Waals surface area contributed by atoms with Gasteiger partial charge in [0.15, 0.2) is 24.8 Å². The highest BCUT2D eigenvalue weighted by Crippen LogP contribution is 2.31. The predicted octanol–water partition coefficient (Wildman–Crippen LogP) is 3.58. The van der Waals surface area contributed by atoms with Gasteiger partial charge in [0.25, 0.3) is 0 Å². The number of likely N-dealkylation sites (N-methyl/N-ethyl adjacent to an activating group) is 1. The molecule has 1 aromatic heterocycles. The van der Waals surface area contributed by atoms with Crippen LogP contribution in [0.2, 0.25) is 0 Å². The van der Waals surface area contributed by atoms with E-state index in [1.165, 1.54) is 17.4 Å². The van der Waals surface area contributed by atoms with Crippen LogP contribution in [-0.2, 0) is 24.5 Å². The molecule has 8 nitrogen and oxygen atoms in total. The van der Waals surface area contributed by atoms with Crippen LogP contribution < -0.4 is 4.90 Å². The molecule has 12 heteroatoms. The van der Waals surface area contributed by atoms with Crippen molar-refractivity contribution in [2.45, 2.75) is 29.6 Å². The van der Waals surface area contributed by atoms with Crippen LogP contribution in [-0.4, -0.2) is 71.8 Å². The number of aromatic nitrogens is 1. The van der Waals surface area contributed by atoms with Crippen molar-refractivity contribution < 1.29 is 21.6 Å². The molecule has 0 fully saturated rings. The summed E-state index contributed by atoms with van der Waals surface area (Å²) in [6.07, 6.45) is 1.40. The predicted molar refractivity (Wildman–Crippen MR) is 143 cm³/mol. The van der Waals surface area contributed by atoms with Gasteiger partial charge in [-0.15, -0.1) is 12.4 Å². The lowest BCUT2D eigenvalue weighted by Gasteiger charge is -2.22. The van der Waals surface area contributed by atoms with Gasteiger partial charge in [-0.1, -0.05) is 29.0 Å². The molecule has 0 saturated heterocycles. The number of rotatable bonds is 10. The number of thiazole rings is 1. The fourth-order valence-corrected chi connectivity index (χ4v) is 6.36. The number of benzene rings is 2. The van der Waals surface area contributed by atoms with E-state index in [0.29, 0.717) is 28.4 Å². The highest BCUT2D eigenvalue weighted by atomic mass is 35.5. The van der Waals surface area contributed by atoms with E-state index in [2.05, 4.69) is 4.98 Å². The Morgan fingerprint density at radius 3 is 2.20 bits per heavy atom. The molecule has 0 saturated carbocycles. The lowest BCUT2D eigenvalue weighted by Crippen LogP contribution is -2.36. The van der Waals surface area contributed by atoms with Crippen LogP contribution in [0.5, 0.6) is 0 Å². The number of carbonyl (C=O) groups is 1.